The van der Waals surface area contributed by atoms with Gasteiger partial charge in [0.1, 0.15) is 29.6 Å². The zero-order chi connectivity index (χ0) is 97.9. The SMILES string of the molecule is CCCCCCC(=O)[C@H](Cc1ccc(O)cc1)NC(=O)CCCC(=O)NC12CNCCNCC(NC(=O)CCCC(=O)N[C@@H](Cc3ccc(O)cc3)C(=O)CCCCCCC(=O)N[C@@H](CSC3CC(=O)N(CCC(=O)NCCCCC4CC(=O)[C@@H](Cc5ccccc5)NC(=O)[C@@H](CC(=O)O)NC(=O)CNC(=O)[C@H](CCCNC(=N)N)NC4=O)C3=O)C(N)=O)(CNCCNC1)CNCCNC2. The number of rotatable bonds is 51. The molecule has 0 radical (unpaired) electrons. The molecular formula is C93H141N21O20S. The van der Waals surface area contributed by atoms with Crippen LogP contribution in [0.2, 0.25) is 0 Å². The van der Waals surface area contributed by atoms with Crippen LogP contribution in [0.5, 0.6) is 11.5 Å². The van der Waals surface area contributed by atoms with Crippen molar-refractivity contribution >= 4 is 118 Å². The van der Waals surface area contributed by atoms with Crippen molar-refractivity contribution in [1.29, 1.82) is 5.41 Å². The molecule has 2 unspecified atom stereocenters. The molecule has 2 bridgehead atoms. The molecular weight excluding hydrogens is 1760 g/mol. The molecule has 5 fully saturated rings. The van der Waals surface area contributed by atoms with Gasteiger partial charge in [-0.25, -0.2) is 0 Å². The summed E-state index contributed by atoms with van der Waals surface area (Å²) in [6, 6.07) is 14.3. The summed E-state index contributed by atoms with van der Waals surface area (Å²) in [5.41, 5.74) is 11.7. The van der Waals surface area contributed by atoms with Crippen molar-refractivity contribution in [3.63, 3.8) is 0 Å². The molecule has 0 aliphatic carbocycles. The number of benzene rings is 3. The van der Waals surface area contributed by atoms with Crippen LogP contribution in [0.3, 0.4) is 0 Å². The number of carbonyl (C=O) groups is 17. The van der Waals surface area contributed by atoms with Crippen LogP contribution in [0, 0.1) is 11.3 Å². The van der Waals surface area contributed by atoms with Crippen LogP contribution >= 0.6 is 11.8 Å². The van der Waals surface area contributed by atoms with Gasteiger partial charge in [-0.05, 0) is 118 Å². The van der Waals surface area contributed by atoms with E-state index in [0.29, 0.717) is 122 Å². The van der Waals surface area contributed by atoms with Crippen molar-refractivity contribution < 1.29 is 96.8 Å². The van der Waals surface area contributed by atoms with Gasteiger partial charge in [-0.2, -0.15) is 0 Å². The lowest BCUT2D eigenvalue weighted by molar-refractivity contribution is -0.141. The Balaban J connectivity index is 0.809. The van der Waals surface area contributed by atoms with Crippen LogP contribution in [0.25, 0.3) is 0 Å². The number of nitrogens with two attached hydrogens (primary N) is 2. The number of thioether (sulfide) groups is 1. The topological polar surface area (TPSA) is 635 Å². The Morgan fingerprint density at radius 2 is 0.956 bits per heavy atom. The smallest absolute Gasteiger partial charge is 0.305 e. The molecule has 41 nitrogen and oxygen atoms in total. The van der Waals surface area contributed by atoms with Gasteiger partial charge in [-0.1, -0.05) is 100 Å². The third kappa shape index (κ3) is 42.5. The summed E-state index contributed by atoms with van der Waals surface area (Å²) >= 11 is 0.950. The molecule has 8 atom stereocenters. The van der Waals surface area contributed by atoms with Crippen molar-refractivity contribution in [1.82, 2.24) is 95.3 Å². The van der Waals surface area contributed by atoms with Crippen molar-refractivity contribution in [3.05, 3.63) is 95.6 Å². The highest BCUT2D eigenvalue weighted by Crippen LogP contribution is 2.27. The van der Waals surface area contributed by atoms with Gasteiger partial charge in [0.05, 0.1) is 47.4 Å². The molecule has 0 aromatic heterocycles. The average molecular weight is 1910 g/mol. The second-order valence-electron chi connectivity index (χ2n) is 35.2. The number of hydrogen-bond acceptors (Lipinski definition) is 27. The maximum atomic E-state index is 14.3. The molecule has 42 heteroatoms. The minimum absolute atomic E-state index is 0.00780. The summed E-state index contributed by atoms with van der Waals surface area (Å²) in [6.07, 6.45) is 5.65. The summed E-state index contributed by atoms with van der Waals surface area (Å²) in [5.74, 6) is -11.6. The lowest BCUT2D eigenvalue weighted by Gasteiger charge is -2.39. The van der Waals surface area contributed by atoms with Crippen LogP contribution in [0.1, 0.15) is 191 Å². The fourth-order valence-electron chi connectivity index (χ4n) is 16.3. The first-order chi connectivity index (χ1) is 64.8. The molecule has 135 heavy (non-hydrogen) atoms. The molecule has 25 N–H and O–H groups in total. The lowest BCUT2D eigenvalue weighted by Crippen LogP contribution is -2.68. The summed E-state index contributed by atoms with van der Waals surface area (Å²) in [7, 11) is 0. The number of carboxylic acids is 1. The van der Waals surface area contributed by atoms with E-state index in [0.717, 1.165) is 47.9 Å². The van der Waals surface area contributed by atoms with Crippen LogP contribution in [0.15, 0.2) is 78.9 Å². The van der Waals surface area contributed by atoms with Gasteiger partial charge in [0, 0.05) is 174 Å². The first-order valence-corrected chi connectivity index (χ1v) is 48.3. The van der Waals surface area contributed by atoms with E-state index >= 15 is 0 Å². The molecule has 5 heterocycles. The molecule has 5 aliphatic rings. The van der Waals surface area contributed by atoms with Crippen LogP contribution in [-0.2, 0) is 101 Å². The fraction of sp³-hybridized carbons (Fsp3) is 0.613. The number of amides is 13. The first kappa shape index (κ1) is 110. The number of guanidine groups is 1. The van der Waals surface area contributed by atoms with E-state index < -0.39 is 149 Å². The normalized spacial score (nSPS) is 20.9. The number of nitrogens with one attached hydrogen (secondary N) is 18. The van der Waals surface area contributed by atoms with Crippen molar-refractivity contribution in [2.75, 3.05) is 110 Å². The quantitative estimate of drug-likeness (QED) is 0.0133. The average Bonchev–Trinajstić information content (AvgIpc) is 0.967. The maximum absolute atomic E-state index is 14.3. The third-order valence-corrected chi connectivity index (χ3v) is 25.1. The number of unbranched alkanes of at least 4 members (excludes halogenated alkanes) is 7. The Bertz CT molecular complexity index is 4380. The Kier molecular flexibility index (Phi) is 49.1. The summed E-state index contributed by atoms with van der Waals surface area (Å²) < 4.78 is 0. The number of hydrogen-bond donors (Lipinski definition) is 23. The van der Waals surface area contributed by atoms with Gasteiger partial charge in [-0.15, -0.1) is 11.8 Å². The van der Waals surface area contributed by atoms with Crippen molar-refractivity contribution in [2.24, 2.45) is 17.4 Å². The van der Waals surface area contributed by atoms with Crippen molar-refractivity contribution in [3.8, 4) is 11.5 Å². The molecule has 0 spiro atoms. The predicted molar refractivity (Wildman–Crippen MR) is 504 cm³/mol. The maximum Gasteiger partial charge on any atom is 0.305 e. The largest absolute Gasteiger partial charge is 0.508 e. The van der Waals surface area contributed by atoms with Crippen molar-refractivity contribution in [2.45, 2.75) is 246 Å². The highest BCUT2D eigenvalue weighted by atomic mass is 32.2. The van der Waals surface area contributed by atoms with Gasteiger partial charge in [-0.3, -0.25) is 91.8 Å². The molecule has 5 aliphatic heterocycles. The first-order valence-electron chi connectivity index (χ1n) is 47.2. The molecule has 5 saturated heterocycles. The number of carboxylic acid groups (broad SMARTS) is 1. The molecule has 13 amide bonds. The van der Waals surface area contributed by atoms with E-state index in [9.17, 15) is 96.8 Å². The van der Waals surface area contributed by atoms with Gasteiger partial charge in [0.15, 0.2) is 23.3 Å². The number of aliphatic carboxylic acids is 1. The van der Waals surface area contributed by atoms with Gasteiger partial charge in [0.2, 0.25) is 76.8 Å². The fourth-order valence-corrected chi connectivity index (χ4v) is 17.5. The van der Waals surface area contributed by atoms with Gasteiger partial charge in [0.25, 0.3) is 0 Å². The van der Waals surface area contributed by atoms with Crippen LogP contribution < -0.4 is 102 Å². The Morgan fingerprint density at radius 3 is 1.45 bits per heavy atom. The molecule has 8 rings (SSSR count). The molecule has 0 saturated carbocycles. The summed E-state index contributed by atoms with van der Waals surface area (Å²) in [5, 5.41) is 87.4. The lowest BCUT2D eigenvalue weighted by atomic mass is 9.90. The molecule has 3 aromatic carbocycles. The number of primary amides is 1. The van der Waals surface area contributed by atoms with E-state index in [1.807, 2.05) is 0 Å². The zero-order valence-corrected chi connectivity index (χ0v) is 78.3. The summed E-state index contributed by atoms with van der Waals surface area (Å²) in [4.78, 5) is 230. The van der Waals surface area contributed by atoms with Crippen LogP contribution in [-0.4, -0.2) is 289 Å². The number of aromatic hydroxyl groups is 2. The second-order valence-corrected chi connectivity index (χ2v) is 36.4. The second kappa shape index (κ2) is 60.0. The van der Waals surface area contributed by atoms with Gasteiger partial charge < -0.3 is 117 Å². The number of fused-ring (bicyclic) bond motifs is 15. The molecule has 3 aromatic rings. The Labute approximate surface area is 792 Å². The highest BCUT2D eigenvalue weighted by Gasteiger charge is 2.41. The van der Waals surface area contributed by atoms with E-state index in [-0.39, 0.29) is 188 Å². The number of carbonyl (C=O) groups excluding carboxylic acids is 16. The van der Waals surface area contributed by atoms with E-state index in [4.69, 9.17) is 16.9 Å². The van der Waals surface area contributed by atoms with Gasteiger partial charge >= 0.3 is 5.97 Å². The number of likely N-dealkylation sites (tertiary alicyclic amines) is 1. The number of Topliss-reactive ketones (excluding diaryl/α,β-unsaturated/α-hetero) is 3. The number of imide groups is 1. The zero-order valence-electron chi connectivity index (χ0n) is 77.4. The monoisotopic (exact) mass is 1900 g/mol. The number of ketones is 3. The molecule has 744 valence electrons. The third-order valence-electron chi connectivity index (χ3n) is 23.8. The number of nitrogens with zero attached hydrogens (tertiary/aromatic N) is 1. The minimum atomic E-state index is -1.66. The number of phenols is 2. The van der Waals surface area contributed by atoms with E-state index in [1.165, 1.54) is 12.1 Å². The highest BCUT2D eigenvalue weighted by molar-refractivity contribution is 8.00. The standard InChI is InChI=1S/C93H141N21O20S/c1-2-3-4-10-22-73(117)68(48-62-29-33-65(115)34-30-62)106-79(122)25-15-27-81(124)112-92-55-97-40-43-100-58-93(59-101-44-41-98-56-92,60-102-45-42-99-57-92)113-82(125)28-16-26-80(123)107-69(49-63-31-35-66(116)36-32-63)74(118)23-11-5-6-12-24-78(121)109-72(86(94)130)54-135-76-52-84(127)114(90(76)134)46-37-77(120)103-38-14-13-20-64-50-75(119)70(47-61-18-8-7-9-19-61)111-89(133)71(51-85(128)129)108-83(126)53-105-88(132)67(110-87(64)131)21-17-39-104-91(95)96/h7-9,18-19,29-36,64,67-72,76,97-102,115-116H,2-6,10-17,20-28,37-60H2,1H3,(H2,94,130)(H,103,120)(H,105,132)(H,106,122)(H,107,123)(H,108,126)(H,109,121)(H,110,131)(H,111,133)(H,112,124)(H,113,125)(H,128,129)(H4,95,96,104)/t64?,67-,68-,69-,70+,71+,72-,76?,92?,93?/m0/s1. The number of phenolic OH excluding ortho intramolecular Hbond substituents is 2. The Hall–Kier alpha value is -11.6. The predicted octanol–water partition coefficient (Wildman–Crippen LogP) is -1.44. The Morgan fingerprint density at radius 1 is 0.481 bits per heavy atom. The minimum Gasteiger partial charge on any atom is -0.508 e. The summed E-state index contributed by atoms with van der Waals surface area (Å²) in [6.45, 7) is 6.76. The van der Waals surface area contributed by atoms with Crippen LogP contribution in [0.4, 0.5) is 0 Å². The van der Waals surface area contributed by atoms with E-state index in [1.54, 1.807) is 66.7 Å². The van der Waals surface area contributed by atoms with E-state index in [2.05, 4.69) is 97.3 Å².